The fourth-order valence-electron chi connectivity index (χ4n) is 5.93. The normalized spacial score (nSPS) is 11.6. The zero-order valence-electron chi connectivity index (χ0n) is 21.3. The summed E-state index contributed by atoms with van der Waals surface area (Å²) in [4.78, 5) is 0. The third kappa shape index (κ3) is 3.74. The Kier molecular flexibility index (Phi) is 5.11. The average Bonchev–Trinajstić information content (AvgIpc) is 3.38. The van der Waals surface area contributed by atoms with Crippen LogP contribution in [0, 0.1) is 0 Å². The maximum atomic E-state index is 2.40. The quantitative estimate of drug-likeness (QED) is 0.221. The molecular weight excluding hydrogens is 488 g/mol. The summed E-state index contributed by atoms with van der Waals surface area (Å²) >= 11 is 1.88. The van der Waals surface area contributed by atoms with Gasteiger partial charge in [-0.25, -0.2) is 0 Å². The third-order valence-corrected chi connectivity index (χ3v) is 9.00. The Labute approximate surface area is 231 Å². The Morgan fingerprint density at radius 2 is 0.846 bits per heavy atom. The molecule has 0 bridgehead atoms. The van der Waals surface area contributed by atoms with Gasteiger partial charge in [-0.3, -0.25) is 0 Å². The molecular formula is C38H24S. The monoisotopic (exact) mass is 512 g/mol. The van der Waals surface area contributed by atoms with Gasteiger partial charge in [0, 0.05) is 20.2 Å². The van der Waals surface area contributed by atoms with Gasteiger partial charge >= 0.3 is 0 Å². The van der Waals surface area contributed by atoms with Crippen LogP contribution in [0.2, 0.25) is 0 Å². The van der Waals surface area contributed by atoms with Crippen LogP contribution < -0.4 is 0 Å². The second-order valence-electron chi connectivity index (χ2n) is 10.2. The molecule has 182 valence electrons. The number of hydrogen-bond donors (Lipinski definition) is 0. The molecule has 0 saturated carbocycles. The molecule has 1 heterocycles. The second kappa shape index (κ2) is 8.94. The van der Waals surface area contributed by atoms with Crippen LogP contribution in [-0.2, 0) is 0 Å². The fourth-order valence-corrected chi connectivity index (χ4v) is 6.99. The van der Waals surface area contributed by atoms with E-state index in [0.717, 1.165) is 0 Å². The summed E-state index contributed by atoms with van der Waals surface area (Å²) in [5.41, 5.74) is 7.58. The molecule has 8 rings (SSSR count). The van der Waals surface area contributed by atoms with E-state index >= 15 is 0 Å². The minimum atomic E-state index is 1.24. The van der Waals surface area contributed by atoms with Gasteiger partial charge in [0.15, 0.2) is 0 Å². The molecule has 0 radical (unpaired) electrons. The van der Waals surface area contributed by atoms with Gasteiger partial charge in [0.1, 0.15) is 0 Å². The minimum absolute atomic E-state index is 1.24. The maximum absolute atomic E-state index is 2.40. The van der Waals surface area contributed by atoms with E-state index in [4.69, 9.17) is 0 Å². The van der Waals surface area contributed by atoms with Crippen LogP contribution in [-0.4, -0.2) is 0 Å². The molecule has 1 aromatic heterocycles. The lowest BCUT2D eigenvalue weighted by molar-refractivity contribution is 1.62. The van der Waals surface area contributed by atoms with E-state index < -0.39 is 0 Å². The van der Waals surface area contributed by atoms with Crippen LogP contribution in [0.1, 0.15) is 0 Å². The highest BCUT2D eigenvalue weighted by Gasteiger charge is 2.13. The van der Waals surface area contributed by atoms with E-state index in [2.05, 4.69) is 146 Å². The summed E-state index contributed by atoms with van der Waals surface area (Å²) in [6.07, 6.45) is 0. The van der Waals surface area contributed by atoms with E-state index in [1.807, 2.05) is 11.3 Å². The van der Waals surface area contributed by atoms with Crippen molar-refractivity contribution in [3.8, 4) is 33.4 Å². The zero-order valence-corrected chi connectivity index (χ0v) is 22.1. The summed E-state index contributed by atoms with van der Waals surface area (Å²) in [6, 6.07) is 53.3. The fraction of sp³-hybridized carbons (Fsp3) is 0. The summed E-state index contributed by atoms with van der Waals surface area (Å²) in [5.74, 6) is 0. The van der Waals surface area contributed by atoms with Crippen LogP contribution in [0.5, 0.6) is 0 Å². The smallest absolute Gasteiger partial charge is 0.0355 e. The number of rotatable bonds is 3. The minimum Gasteiger partial charge on any atom is -0.135 e. The highest BCUT2D eigenvalue weighted by atomic mass is 32.1. The van der Waals surface area contributed by atoms with Crippen molar-refractivity contribution in [1.29, 1.82) is 0 Å². The Morgan fingerprint density at radius 3 is 1.54 bits per heavy atom. The lowest BCUT2D eigenvalue weighted by Crippen LogP contribution is -1.87. The van der Waals surface area contributed by atoms with Gasteiger partial charge in [0.25, 0.3) is 0 Å². The van der Waals surface area contributed by atoms with E-state index in [-0.39, 0.29) is 0 Å². The summed E-state index contributed by atoms with van der Waals surface area (Å²) in [5, 5.41) is 7.74. The molecule has 0 aliphatic heterocycles. The zero-order chi connectivity index (χ0) is 25.8. The Balaban J connectivity index is 1.35. The first-order chi connectivity index (χ1) is 19.3. The van der Waals surface area contributed by atoms with Crippen molar-refractivity contribution in [3.63, 3.8) is 0 Å². The highest BCUT2D eigenvalue weighted by Crippen LogP contribution is 2.42. The highest BCUT2D eigenvalue weighted by molar-refractivity contribution is 7.25. The molecule has 7 aromatic carbocycles. The standard InChI is InChI=1S/C38H24S/c1-2-9-26(10-3-1)33-21-27-12-4-5-13-28(27)22-34(33)30-18-20-38-36(24-30)35-23-29(17-19-37(35)39-38)32-16-8-14-25-11-6-7-15-31(25)32/h1-24H. The van der Waals surface area contributed by atoms with Gasteiger partial charge < -0.3 is 0 Å². The van der Waals surface area contributed by atoms with Gasteiger partial charge in [-0.05, 0) is 91.3 Å². The molecule has 0 amide bonds. The lowest BCUT2D eigenvalue weighted by atomic mass is 9.91. The average molecular weight is 513 g/mol. The molecule has 0 atom stereocenters. The molecule has 0 aliphatic carbocycles. The first-order valence-electron chi connectivity index (χ1n) is 13.3. The van der Waals surface area contributed by atoms with Gasteiger partial charge in [0.2, 0.25) is 0 Å². The first-order valence-corrected chi connectivity index (χ1v) is 14.2. The third-order valence-electron chi connectivity index (χ3n) is 7.85. The largest absolute Gasteiger partial charge is 0.135 e. The van der Waals surface area contributed by atoms with Crippen molar-refractivity contribution in [2.45, 2.75) is 0 Å². The predicted molar refractivity (Wildman–Crippen MR) is 171 cm³/mol. The van der Waals surface area contributed by atoms with Crippen molar-refractivity contribution in [3.05, 3.63) is 146 Å². The van der Waals surface area contributed by atoms with Crippen LogP contribution in [0.3, 0.4) is 0 Å². The Bertz CT molecular complexity index is 2160. The van der Waals surface area contributed by atoms with Crippen LogP contribution in [0.15, 0.2) is 146 Å². The summed E-state index contributed by atoms with van der Waals surface area (Å²) in [7, 11) is 0. The van der Waals surface area contributed by atoms with Gasteiger partial charge in [0.05, 0.1) is 0 Å². The maximum Gasteiger partial charge on any atom is 0.0355 e. The predicted octanol–water partition coefficient (Wildman–Crippen LogP) is 11.4. The molecule has 0 saturated heterocycles. The summed E-state index contributed by atoms with van der Waals surface area (Å²) < 4.78 is 2.65. The molecule has 0 N–H and O–H groups in total. The topological polar surface area (TPSA) is 0 Å². The molecule has 0 fully saturated rings. The SMILES string of the molecule is c1ccc(-c2cc3ccccc3cc2-c2ccc3sc4ccc(-c5cccc6ccccc56)cc4c3c2)cc1. The van der Waals surface area contributed by atoms with Crippen molar-refractivity contribution in [2.24, 2.45) is 0 Å². The molecule has 0 nitrogen and oxygen atoms in total. The lowest BCUT2D eigenvalue weighted by Gasteiger charge is -2.13. The number of benzene rings is 7. The number of hydrogen-bond acceptors (Lipinski definition) is 1. The Morgan fingerprint density at radius 1 is 0.308 bits per heavy atom. The molecule has 1 heteroatoms. The molecule has 0 unspecified atom stereocenters. The van der Waals surface area contributed by atoms with Crippen molar-refractivity contribution in [2.75, 3.05) is 0 Å². The van der Waals surface area contributed by atoms with Gasteiger partial charge in [-0.15, -0.1) is 11.3 Å². The number of fused-ring (bicyclic) bond motifs is 5. The van der Waals surface area contributed by atoms with Crippen molar-refractivity contribution in [1.82, 2.24) is 0 Å². The molecule has 39 heavy (non-hydrogen) atoms. The molecule has 8 aromatic rings. The van der Waals surface area contributed by atoms with Crippen LogP contribution in [0.25, 0.3) is 75.1 Å². The van der Waals surface area contributed by atoms with E-state index in [9.17, 15) is 0 Å². The van der Waals surface area contributed by atoms with Crippen molar-refractivity contribution < 1.29 is 0 Å². The van der Waals surface area contributed by atoms with Crippen LogP contribution >= 0.6 is 11.3 Å². The second-order valence-corrected chi connectivity index (χ2v) is 11.2. The first kappa shape index (κ1) is 22.3. The Hall–Kier alpha value is -4.72. The molecule has 0 aliphatic rings. The van der Waals surface area contributed by atoms with E-state index in [1.165, 1.54) is 75.1 Å². The van der Waals surface area contributed by atoms with Crippen molar-refractivity contribution >= 4 is 53.1 Å². The number of thiophene rings is 1. The van der Waals surface area contributed by atoms with Gasteiger partial charge in [-0.2, -0.15) is 0 Å². The van der Waals surface area contributed by atoms with E-state index in [0.29, 0.717) is 0 Å². The van der Waals surface area contributed by atoms with E-state index in [1.54, 1.807) is 0 Å². The van der Waals surface area contributed by atoms with Crippen LogP contribution in [0.4, 0.5) is 0 Å². The molecule has 0 spiro atoms. The summed E-state index contributed by atoms with van der Waals surface area (Å²) in [6.45, 7) is 0. The van der Waals surface area contributed by atoms with Gasteiger partial charge in [-0.1, -0.05) is 109 Å².